The van der Waals surface area contributed by atoms with Crippen LogP contribution in [0.1, 0.15) is 36.5 Å². The van der Waals surface area contributed by atoms with E-state index in [1.807, 2.05) is 73.7 Å². The molecule has 0 bridgehead atoms. The highest BCUT2D eigenvalue weighted by atomic mass is 16.5. The molecular weight excluding hydrogens is 400 g/mol. The Morgan fingerprint density at radius 2 is 1.56 bits per heavy atom. The average molecular weight is 427 g/mol. The summed E-state index contributed by atoms with van der Waals surface area (Å²) in [5, 5.41) is 3.18. The first-order valence-corrected chi connectivity index (χ1v) is 10.6. The van der Waals surface area contributed by atoms with E-state index >= 15 is 0 Å². The minimum Gasteiger partial charge on any atom is -0.497 e. The number of anilines is 2. The summed E-state index contributed by atoms with van der Waals surface area (Å²) in [6.45, 7) is 6.19. The van der Waals surface area contributed by atoms with Gasteiger partial charge in [0, 0.05) is 11.8 Å². The predicted molar refractivity (Wildman–Crippen MR) is 128 cm³/mol. The molecule has 0 radical (unpaired) electrons. The van der Waals surface area contributed by atoms with Crippen molar-refractivity contribution in [3.05, 3.63) is 95.2 Å². The smallest absolute Gasteiger partial charge is 0.282 e. The number of hydrogen-bond acceptors (Lipinski definition) is 4. The van der Waals surface area contributed by atoms with E-state index in [9.17, 15) is 9.59 Å². The summed E-state index contributed by atoms with van der Waals surface area (Å²) in [6, 6.07) is 22.5. The fourth-order valence-corrected chi connectivity index (χ4v) is 3.72. The van der Waals surface area contributed by atoms with Gasteiger partial charge in [-0.2, -0.15) is 0 Å². The topological polar surface area (TPSA) is 58.6 Å². The molecule has 5 nitrogen and oxygen atoms in total. The number of nitrogens with one attached hydrogen (secondary N) is 1. The second-order valence-corrected chi connectivity index (χ2v) is 8.16. The van der Waals surface area contributed by atoms with Gasteiger partial charge in [0.15, 0.2) is 0 Å². The second kappa shape index (κ2) is 8.71. The van der Waals surface area contributed by atoms with Crippen molar-refractivity contribution in [1.29, 1.82) is 0 Å². The van der Waals surface area contributed by atoms with Gasteiger partial charge in [-0.05, 0) is 48.2 Å². The molecule has 3 aromatic rings. The van der Waals surface area contributed by atoms with Gasteiger partial charge in [0.2, 0.25) is 0 Å². The van der Waals surface area contributed by atoms with Gasteiger partial charge >= 0.3 is 0 Å². The Morgan fingerprint density at radius 1 is 0.875 bits per heavy atom. The van der Waals surface area contributed by atoms with Gasteiger partial charge in [-0.1, -0.05) is 61.9 Å². The Balaban J connectivity index is 1.78. The first-order chi connectivity index (χ1) is 15.4. The number of benzene rings is 3. The monoisotopic (exact) mass is 426 g/mol. The lowest BCUT2D eigenvalue weighted by atomic mass is 10.0. The Morgan fingerprint density at radius 3 is 2.19 bits per heavy atom. The number of imide groups is 1. The molecule has 0 aliphatic carbocycles. The molecule has 1 aliphatic heterocycles. The highest BCUT2D eigenvalue weighted by Crippen LogP contribution is 2.34. The zero-order valence-electron chi connectivity index (χ0n) is 18.7. The highest BCUT2D eigenvalue weighted by molar-refractivity contribution is 6.46. The molecule has 3 aromatic carbocycles. The summed E-state index contributed by atoms with van der Waals surface area (Å²) in [6.07, 6.45) is 0. The molecular formula is C27H26N2O3. The van der Waals surface area contributed by atoms with Gasteiger partial charge in [0.05, 0.1) is 18.4 Å². The fraction of sp³-hybridized carbons (Fsp3) is 0.185. The van der Waals surface area contributed by atoms with Crippen molar-refractivity contribution in [2.24, 2.45) is 0 Å². The molecule has 0 saturated heterocycles. The first kappa shape index (κ1) is 21.4. The Bertz CT molecular complexity index is 1190. The summed E-state index contributed by atoms with van der Waals surface area (Å²) in [5.41, 5.74) is 4.74. The molecule has 0 unspecified atom stereocenters. The maximum Gasteiger partial charge on any atom is 0.282 e. The molecule has 5 heteroatoms. The zero-order chi connectivity index (χ0) is 22.8. The van der Waals surface area contributed by atoms with Crippen LogP contribution in [0.4, 0.5) is 11.4 Å². The van der Waals surface area contributed by atoms with Crippen LogP contribution in [0.2, 0.25) is 0 Å². The van der Waals surface area contributed by atoms with Crippen molar-refractivity contribution in [1.82, 2.24) is 0 Å². The maximum absolute atomic E-state index is 13.5. The van der Waals surface area contributed by atoms with E-state index < -0.39 is 0 Å². The van der Waals surface area contributed by atoms with Crippen LogP contribution >= 0.6 is 0 Å². The standard InChI is InChI=1S/C27H26N2O3/c1-17(2)19-12-14-22(15-13-19)29-26(30)24(20-10-8-18(3)9-11-20)25(27(29)31)28-21-6-5-7-23(16-21)32-4/h5-17,28H,1-4H3. The molecule has 162 valence electrons. The normalized spacial score (nSPS) is 13.8. The summed E-state index contributed by atoms with van der Waals surface area (Å²) in [5.74, 6) is 0.290. The molecule has 0 aromatic heterocycles. The number of ether oxygens (including phenoxy) is 1. The van der Waals surface area contributed by atoms with Crippen LogP contribution in [0.15, 0.2) is 78.5 Å². The molecule has 32 heavy (non-hydrogen) atoms. The molecule has 1 N–H and O–H groups in total. The molecule has 0 atom stereocenters. The van der Waals surface area contributed by atoms with Crippen LogP contribution in [-0.4, -0.2) is 18.9 Å². The zero-order valence-corrected chi connectivity index (χ0v) is 18.7. The van der Waals surface area contributed by atoms with Gasteiger partial charge in [0.1, 0.15) is 11.4 Å². The molecule has 0 saturated carbocycles. The van der Waals surface area contributed by atoms with E-state index in [0.717, 1.165) is 11.1 Å². The molecule has 2 amide bonds. The van der Waals surface area contributed by atoms with Gasteiger partial charge in [-0.3, -0.25) is 9.59 Å². The predicted octanol–water partition coefficient (Wildman–Crippen LogP) is 5.52. The third-order valence-electron chi connectivity index (χ3n) is 5.58. The summed E-state index contributed by atoms with van der Waals surface area (Å²) >= 11 is 0. The number of amides is 2. The van der Waals surface area contributed by atoms with Crippen molar-refractivity contribution in [2.45, 2.75) is 26.7 Å². The largest absolute Gasteiger partial charge is 0.497 e. The van der Waals surface area contributed by atoms with E-state index in [4.69, 9.17) is 4.74 Å². The Hall–Kier alpha value is -3.86. The molecule has 4 rings (SSSR count). The van der Waals surface area contributed by atoms with E-state index in [2.05, 4.69) is 19.2 Å². The Labute approximate surface area is 188 Å². The third kappa shape index (κ3) is 4.02. The molecule has 1 heterocycles. The summed E-state index contributed by atoms with van der Waals surface area (Å²) in [7, 11) is 1.59. The lowest BCUT2D eigenvalue weighted by molar-refractivity contribution is -0.120. The lowest BCUT2D eigenvalue weighted by Gasteiger charge is -2.16. The van der Waals surface area contributed by atoms with Crippen molar-refractivity contribution in [3.8, 4) is 5.75 Å². The SMILES string of the molecule is COc1cccc(NC2=C(c3ccc(C)cc3)C(=O)N(c3ccc(C(C)C)cc3)C2=O)c1. The van der Waals surface area contributed by atoms with Crippen LogP contribution in [-0.2, 0) is 9.59 Å². The van der Waals surface area contributed by atoms with Crippen molar-refractivity contribution >= 4 is 28.8 Å². The van der Waals surface area contributed by atoms with Gasteiger partial charge < -0.3 is 10.1 Å². The average Bonchev–Trinajstić information content (AvgIpc) is 3.04. The highest BCUT2D eigenvalue weighted by Gasteiger charge is 2.40. The van der Waals surface area contributed by atoms with Crippen LogP contribution in [0, 0.1) is 6.92 Å². The van der Waals surface area contributed by atoms with E-state index in [-0.39, 0.29) is 17.5 Å². The summed E-state index contributed by atoms with van der Waals surface area (Å²) in [4.78, 5) is 28.3. The number of carbonyl (C=O) groups is 2. The number of rotatable bonds is 6. The van der Waals surface area contributed by atoms with Crippen LogP contribution < -0.4 is 15.0 Å². The molecule has 0 fully saturated rings. The third-order valence-corrected chi connectivity index (χ3v) is 5.58. The number of methoxy groups -OCH3 is 1. The van der Waals surface area contributed by atoms with Crippen LogP contribution in [0.3, 0.4) is 0 Å². The van der Waals surface area contributed by atoms with Crippen molar-refractivity contribution < 1.29 is 14.3 Å². The second-order valence-electron chi connectivity index (χ2n) is 8.16. The van der Waals surface area contributed by atoms with E-state index in [1.165, 1.54) is 4.90 Å². The number of aryl methyl sites for hydroxylation is 1. The molecule has 1 aliphatic rings. The first-order valence-electron chi connectivity index (χ1n) is 10.6. The quantitative estimate of drug-likeness (QED) is 0.527. The van der Waals surface area contributed by atoms with E-state index in [0.29, 0.717) is 34.2 Å². The van der Waals surface area contributed by atoms with Gasteiger partial charge in [-0.25, -0.2) is 4.90 Å². The van der Waals surface area contributed by atoms with E-state index in [1.54, 1.807) is 13.2 Å². The number of carbonyl (C=O) groups excluding carboxylic acids is 2. The van der Waals surface area contributed by atoms with Crippen LogP contribution in [0.25, 0.3) is 5.57 Å². The minimum absolute atomic E-state index is 0.250. The van der Waals surface area contributed by atoms with Crippen molar-refractivity contribution in [3.63, 3.8) is 0 Å². The Kier molecular flexibility index (Phi) is 5.82. The number of hydrogen-bond donors (Lipinski definition) is 1. The van der Waals surface area contributed by atoms with Crippen molar-refractivity contribution in [2.75, 3.05) is 17.3 Å². The maximum atomic E-state index is 13.5. The lowest BCUT2D eigenvalue weighted by Crippen LogP contribution is -2.32. The molecule has 0 spiro atoms. The van der Waals surface area contributed by atoms with Gasteiger partial charge in [0.25, 0.3) is 11.8 Å². The fourth-order valence-electron chi connectivity index (χ4n) is 3.72. The van der Waals surface area contributed by atoms with Crippen LogP contribution in [0.5, 0.6) is 5.75 Å². The van der Waals surface area contributed by atoms with Gasteiger partial charge in [-0.15, -0.1) is 0 Å². The number of nitrogens with zero attached hydrogens (tertiary/aromatic N) is 1. The minimum atomic E-state index is -0.384. The summed E-state index contributed by atoms with van der Waals surface area (Å²) < 4.78 is 5.29.